The maximum absolute atomic E-state index is 8.90. The van der Waals surface area contributed by atoms with E-state index in [-0.39, 0.29) is 12.6 Å². The van der Waals surface area contributed by atoms with Gasteiger partial charge in [0.2, 0.25) is 0 Å². The van der Waals surface area contributed by atoms with E-state index in [1.165, 1.54) is 38.5 Å². The minimum atomic E-state index is 0.244. The Kier molecular flexibility index (Phi) is 5.49. The van der Waals surface area contributed by atoms with Crippen molar-refractivity contribution in [3.63, 3.8) is 0 Å². The molecule has 0 aromatic rings. The Morgan fingerprint density at radius 1 is 1.21 bits per heavy atom. The smallest absolute Gasteiger partial charge is 0.0582 e. The van der Waals surface area contributed by atoms with Crippen LogP contribution in [0.5, 0.6) is 0 Å². The van der Waals surface area contributed by atoms with Gasteiger partial charge in [0.15, 0.2) is 0 Å². The molecule has 2 nitrogen and oxygen atoms in total. The van der Waals surface area contributed by atoms with Crippen LogP contribution in [0, 0.1) is 5.92 Å². The summed E-state index contributed by atoms with van der Waals surface area (Å²) in [5.74, 6) is 0.990. The van der Waals surface area contributed by atoms with Crippen LogP contribution in [-0.2, 0) is 0 Å². The monoisotopic (exact) mass is 199 g/mol. The van der Waals surface area contributed by atoms with Crippen LogP contribution in [0.1, 0.15) is 52.4 Å². The number of rotatable bonds is 6. The molecule has 14 heavy (non-hydrogen) atoms. The summed E-state index contributed by atoms with van der Waals surface area (Å²) in [6.45, 7) is 4.50. The molecule has 0 radical (unpaired) electrons. The van der Waals surface area contributed by atoms with Gasteiger partial charge >= 0.3 is 0 Å². The summed E-state index contributed by atoms with van der Waals surface area (Å²) in [6.07, 6.45) is 8.41. The molecule has 2 unspecified atom stereocenters. The average Bonchev–Trinajstić information content (AvgIpc) is 2.67. The molecule has 0 saturated heterocycles. The van der Waals surface area contributed by atoms with Crippen LogP contribution in [0.25, 0.3) is 0 Å². The SMILES string of the molecule is CC(CO)NC(C)CCC1CCCC1. The summed E-state index contributed by atoms with van der Waals surface area (Å²) < 4.78 is 0. The van der Waals surface area contributed by atoms with Crippen LogP contribution in [-0.4, -0.2) is 23.8 Å². The van der Waals surface area contributed by atoms with Crippen LogP contribution >= 0.6 is 0 Å². The number of hydrogen-bond donors (Lipinski definition) is 2. The second-order valence-electron chi connectivity index (χ2n) is 4.88. The van der Waals surface area contributed by atoms with Gasteiger partial charge in [-0.1, -0.05) is 25.7 Å². The van der Waals surface area contributed by atoms with E-state index in [0.29, 0.717) is 6.04 Å². The van der Waals surface area contributed by atoms with Gasteiger partial charge in [0, 0.05) is 12.1 Å². The zero-order chi connectivity index (χ0) is 10.4. The predicted octanol–water partition coefficient (Wildman–Crippen LogP) is 2.32. The maximum Gasteiger partial charge on any atom is 0.0582 e. The van der Waals surface area contributed by atoms with E-state index >= 15 is 0 Å². The van der Waals surface area contributed by atoms with Crippen LogP contribution in [0.15, 0.2) is 0 Å². The number of aliphatic hydroxyl groups is 1. The van der Waals surface area contributed by atoms with E-state index < -0.39 is 0 Å². The molecule has 0 aromatic heterocycles. The summed E-state index contributed by atoms with van der Waals surface area (Å²) in [5, 5.41) is 12.3. The molecule has 1 aliphatic carbocycles. The number of hydrogen-bond acceptors (Lipinski definition) is 2. The molecule has 0 heterocycles. The van der Waals surface area contributed by atoms with Crippen molar-refractivity contribution < 1.29 is 5.11 Å². The van der Waals surface area contributed by atoms with Gasteiger partial charge in [0.1, 0.15) is 0 Å². The first-order valence-electron chi connectivity index (χ1n) is 6.09. The van der Waals surface area contributed by atoms with Crippen molar-refractivity contribution >= 4 is 0 Å². The van der Waals surface area contributed by atoms with Gasteiger partial charge in [0.05, 0.1) is 6.61 Å². The summed E-state index contributed by atoms with van der Waals surface area (Å²) in [7, 11) is 0. The molecule has 1 rings (SSSR count). The highest BCUT2D eigenvalue weighted by Crippen LogP contribution is 2.28. The zero-order valence-corrected chi connectivity index (χ0v) is 9.63. The van der Waals surface area contributed by atoms with E-state index in [9.17, 15) is 0 Å². The minimum absolute atomic E-state index is 0.244. The van der Waals surface area contributed by atoms with Crippen molar-refractivity contribution in [1.82, 2.24) is 5.32 Å². The first-order chi connectivity index (χ1) is 6.72. The van der Waals surface area contributed by atoms with E-state index in [2.05, 4.69) is 12.2 Å². The molecule has 1 aliphatic rings. The molecule has 84 valence electrons. The van der Waals surface area contributed by atoms with E-state index in [1.54, 1.807) is 0 Å². The summed E-state index contributed by atoms with van der Waals surface area (Å²) in [4.78, 5) is 0. The molecule has 0 spiro atoms. The lowest BCUT2D eigenvalue weighted by atomic mass is 9.99. The number of nitrogens with one attached hydrogen (secondary N) is 1. The van der Waals surface area contributed by atoms with Crippen LogP contribution in [0.3, 0.4) is 0 Å². The average molecular weight is 199 g/mol. The maximum atomic E-state index is 8.90. The van der Waals surface area contributed by atoms with Crippen molar-refractivity contribution in [2.45, 2.75) is 64.5 Å². The lowest BCUT2D eigenvalue weighted by Crippen LogP contribution is -2.36. The molecule has 0 aliphatic heterocycles. The largest absolute Gasteiger partial charge is 0.395 e. The Balaban J connectivity index is 2.04. The molecule has 2 N–H and O–H groups in total. The van der Waals surface area contributed by atoms with E-state index in [1.807, 2.05) is 6.92 Å². The van der Waals surface area contributed by atoms with Crippen LogP contribution in [0.4, 0.5) is 0 Å². The number of aliphatic hydroxyl groups excluding tert-OH is 1. The first kappa shape index (κ1) is 12.0. The van der Waals surface area contributed by atoms with Crippen LogP contribution < -0.4 is 5.32 Å². The fourth-order valence-corrected chi connectivity index (χ4v) is 2.41. The highest BCUT2D eigenvalue weighted by Gasteiger charge is 2.16. The van der Waals surface area contributed by atoms with Gasteiger partial charge in [-0.2, -0.15) is 0 Å². The highest BCUT2D eigenvalue weighted by molar-refractivity contribution is 4.72. The van der Waals surface area contributed by atoms with Crippen molar-refractivity contribution in [3.8, 4) is 0 Å². The second-order valence-corrected chi connectivity index (χ2v) is 4.88. The van der Waals surface area contributed by atoms with E-state index in [4.69, 9.17) is 5.11 Å². The Bertz CT molecular complexity index is 143. The molecule has 1 fully saturated rings. The van der Waals surface area contributed by atoms with Crippen molar-refractivity contribution in [1.29, 1.82) is 0 Å². The summed E-state index contributed by atoms with van der Waals surface area (Å²) in [6, 6.07) is 0.798. The molecule has 0 amide bonds. The van der Waals surface area contributed by atoms with E-state index in [0.717, 1.165) is 5.92 Å². The first-order valence-corrected chi connectivity index (χ1v) is 6.09. The predicted molar refractivity (Wildman–Crippen MR) is 60.3 cm³/mol. The van der Waals surface area contributed by atoms with Gasteiger partial charge < -0.3 is 10.4 Å². The lowest BCUT2D eigenvalue weighted by Gasteiger charge is -2.19. The normalized spacial score (nSPS) is 22.5. The quantitative estimate of drug-likeness (QED) is 0.688. The molecular weight excluding hydrogens is 174 g/mol. The Morgan fingerprint density at radius 2 is 1.86 bits per heavy atom. The summed E-state index contributed by atoms with van der Waals surface area (Å²) in [5.41, 5.74) is 0. The third-order valence-corrected chi connectivity index (χ3v) is 3.33. The van der Waals surface area contributed by atoms with Crippen molar-refractivity contribution in [3.05, 3.63) is 0 Å². The lowest BCUT2D eigenvalue weighted by molar-refractivity contribution is 0.238. The van der Waals surface area contributed by atoms with Crippen LogP contribution in [0.2, 0.25) is 0 Å². The van der Waals surface area contributed by atoms with Gasteiger partial charge in [-0.05, 0) is 32.6 Å². The van der Waals surface area contributed by atoms with Gasteiger partial charge in [-0.15, -0.1) is 0 Å². The molecule has 0 aromatic carbocycles. The Labute approximate surface area is 88.1 Å². The molecule has 2 heteroatoms. The topological polar surface area (TPSA) is 32.3 Å². The molecule has 2 atom stereocenters. The van der Waals surface area contributed by atoms with Gasteiger partial charge in [-0.25, -0.2) is 0 Å². The third-order valence-electron chi connectivity index (χ3n) is 3.33. The fraction of sp³-hybridized carbons (Fsp3) is 1.00. The second kappa shape index (κ2) is 6.41. The molecule has 0 bridgehead atoms. The molecular formula is C12H25NO. The van der Waals surface area contributed by atoms with Gasteiger partial charge in [-0.3, -0.25) is 0 Å². The third kappa shape index (κ3) is 4.43. The fourth-order valence-electron chi connectivity index (χ4n) is 2.41. The zero-order valence-electron chi connectivity index (χ0n) is 9.63. The Morgan fingerprint density at radius 3 is 2.43 bits per heavy atom. The molecule has 1 saturated carbocycles. The standard InChI is InChI=1S/C12H25NO/c1-10(13-11(2)9-14)7-8-12-5-3-4-6-12/h10-14H,3-9H2,1-2H3. The Hall–Kier alpha value is -0.0800. The van der Waals surface area contributed by atoms with Crippen molar-refractivity contribution in [2.24, 2.45) is 5.92 Å². The van der Waals surface area contributed by atoms with Gasteiger partial charge in [0.25, 0.3) is 0 Å². The summed E-state index contributed by atoms with van der Waals surface area (Å²) >= 11 is 0. The highest BCUT2D eigenvalue weighted by atomic mass is 16.3. The minimum Gasteiger partial charge on any atom is -0.395 e. The van der Waals surface area contributed by atoms with Crippen molar-refractivity contribution in [2.75, 3.05) is 6.61 Å².